The van der Waals surface area contributed by atoms with Gasteiger partial charge in [0.25, 0.3) is 5.91 Å². The number of pyridine rings is 2. The fraction of sp³-hybridized carbons (Fsp3) is 0.229. The smallest absolute Gasteiger partial charge is 0.252 e. The van der Waals surface area contributed by atoms with Crippen LogP contribution in [0.1, 0.15) is 27.2 Å². The Hall–Kier alpha value is -5.71. The summed E-state index contributed by atoms with van der Waals surface area (Å²) >= 11 is 0. The van der Waals surface area contributed by atoms with E-state index in [1.807, 2.05) is 0 Å². The Labute approximate surface area is 262 Å². The molecule has 5 heterocycles. The molecule has 2 saturated heterocycles. The van der Waals surface area contributed by atoms with Gasteiger partial charge in [-0.15, -0.1) is 0 Å². The number of allylic oxidation sites excluding steroid dienone is 1. The van der Waals surface area contributed by atoms with Gasteiger partial charge in [0.1, 0.15) is 5.76 Å². The van der Waals surface area contributed by atoms with Gasteiger partial charge in [-0.1, -0.05) is 42.5 Å². The predicted molar refractivity (Wildman–Crippen MR) is 160 cm³/mol. The van der Waals surface area contributed by atoms with Gasteiger partial charge in [-0.2, -0.15) is 0 Å². The van der Waals surface area contributed by atoms with Crippen molar-refractivity contribution in [2.24, 2.45) is 23.7 Å². The van der Waals surface area contributed by atoms with Crippen molar-refractivity contribution >= 4 is 29.5 Å². The van der Waals surface area contributed by atoms with E-state index in [1.54, 1.807) is 104 Å². The number of benzene rings is 1. The van der Waals surface area contributed by atoms with Gasteiger partial charge in [0, 0.05) is 30.4 Å². The first-order valence-corrected chi connectivity index (χ1v) is 15.0. The summed E-state index contributed by atoms with van der Waals surface area (Å²) in [7, 11) is 0. The standard InChI is InChI=1S/C35H27N5O6/c41-29(23-9-2-1-3-10-23)38-35-13-12-34(24-11-6-16-46-24,25-27(35)32(44)39(30(25)42)19-21-7-4-14-36-17-21)26-28(35)33(45)40(31(26)43)20-22-8-5-15-37-18-22/h1-18,25-28H,19-20H2,(H,38,41)/t25-,26+,27+,28-,34?,35?. The van der Waals surface area contributed by atoms with Crippen molar-refractivity contribution in [1.29, 1.82) is 0 Å². The summed E-state index contributed by atoms with van der Waals surface area (Å²) in [4.78, 5) is 82.8. The normalized spacial score (nSPS) is 29.3. The first kappa shape index (κ1) is 27.8. The SMILES string of the molecule is O=C(NC12C=CC(c3ccco3)([C@@H]3C(=O)N(Cc4cccnc4)C(=O)[C@@H]31)[C@H]1C(=O)N(Cc3cccnc3)C(=O)[C@H]12)c1ccccc1. The van der Waals surface area contributed by atoms with Crippen LogP contribution < -0.4 is 5.32 Å². The van der Waals surface area contributed by atoms with Crippen LogP contribution in [0.2, 0.25) is 0 Å². The van der Waals surface area contributed by atoms with Gasteiger partial charge < -0.3 is 9.73 Å². The molecule has 1 N–H and O–H groups in total. The summed E-state index contributed by atoms with van der Waals surface area (Å²) in [6, 6.07) is 18.7. The third kappa shape index (κ3) is 3.74. The van der Waals surface area contributed by atoms with E-state index in [4.69, 9.17) is 4.42 Å². The number of carbonyl (C=O) groups excluding carboxylic acids is 5. The zero-order valence-corrected chi connectivity index (χ0v) is 24.4. The number of amides is 5. The number of hydrogen-bond donors (Lipinski definition) is 1. The van der Waals surface area contributed by atoms with Crippen LogP contribution in [0.15, 0.2) is 114 Å². The average molecular weight is 614 g/mol. The second-order valence-corrected chi connectivity index (χ2v) is 12.2. The van der Waals surface area contributed by atoms with Crippen LogP contribution in [0.25, 0.3) is 0 Å². The largest absolute Gasteiger partial charge is 0.468 e. The lowest BCUT2D eigenvalue weighted by Crippen LogP contribution is -2.73. The molecule has 9 rings (SSSR count). The minimum absolute atomic E-state index is 0.0557. The molecule has 228 valence electrons. The Balaban J connectivity index is 1.32. The first-order valence-electron chi connectivity index (χ1n) is 15.0. The van der Waals surface area contributed by atoms with E-state index >= 15 is 0 Å². The fourth-order valence-electron chi connectivity index (χ4n) is 8.09. The molecule has 0 radical (unpaired) electrons. The average Bonchev–Trinajstić information content (AvgIpc) is 3.79. The lowest BCUT2D eigenvalue weighted by Gasteiger charge is -2.58. The summed E-state index contributed by atoms with van der Waals surface area (Å²) in [5, 5.41) is 3.03. The molecule has 11 nitrogen and oxygen atoms in total. The molecule has 5 aliphatic rings. The number of likely N-dealkylation sites (tertiary alicyclic amines) is 2. The highest BCUT2D eigenvalue weighted by molar-refractivity contribution is 6.14. The molecule has 1 aromatic carbocycles. The number of hydrogen-bond acceptors (Lipinski definition) is 8. The van der Waals surface area contributed by atoms with Gasteiger partial charge in [-0.3, -0.25) is 43.7 Å². The topological polar surface area (TPSA) is 143 Å². The van der Waals surface area contributed by atoms with Crippen LogP contribution in [0, 0.1) is 23.7 Å². The number of rotatable bonds is 7. The van der Waals surface area contributed by atoms with Crippen LogP contribution in [0.5, 0.6) is 0 Å². The second kappa shape index (κ2) is 10.2. The minimum Gasteiger partial charge on any atom is -0.468 e. The molecule has 0 spiro atoms. The van der Waals surface area contributed by atoms with Gasteiger partial charge >= 0.3 is 0 Å². The maximum Gasteiger partial charge on any atom is 0.252 e. The van der Waals surface area contributed by atoms with E-state index in [1.165, 1.54) is 6.26 Å². The highest BCUT2D eigenvalue weighted by Gasteiger charge is 2.80. The maximum atomic E-state index is 14.6. The molecule has 6 atom stereocenters. The molecule has 4 aromatic rings. The molecule has 2 unspecified atom stereocenters. The van der Waals surface area contributed by atoms with E-state index in [0.29, 0.717) is 22.5 Å². The number of carbonyl (C=O) groups is 5. The Bertz CT molecular complexity index is 1820. The lowest BCUT2D eigenvalue weighted by molar-refractivity contribution is -0.144. The van der Waals surface area contributed by atoms with E-state index in [-0.39, 0.29) is 13.1 Å². The van der Waals surface area contributed by atoms with Crippen LogP contribution in [-0.4, -0.2) is 54.8 Å². The van der Waals surface area contributed by atoms with E-state index in [9.17, 15) is 24.0 Å². The van der Waals surface area contributed by atoms with Crippen molar-refractivity contribution in [2.45, 2.75) is 24.0 Å². The molecule has 3 aromatic heterocycles. The first-order chi connectivity index (χ1) is 22.4. The van der Waals surface area contributed by atoms with Crippen molar-refractivity contribution in [3.63, 3.8) is 0 Å². The molecule has 2 aliphatic heterocycles. The number of aromatic nitrogens is 2. The maximum absolute atomic E-state index is 14.6. The molecule has 3 aliphatic carbocycles. The summed E-state index contributed by atoms with van der Waals surface area (Å²) < 4.78 is 5.94. The Kier molecular flexibility index (Phi) is 6.14. The second-order valence-electron chi connectivity index (χ2n) is 12.2. The third-order valence-corrected chi connectivity index (χ3v) is 9.93. The Morgan fingerprint density at radius 2 is 1.26 bits per heavy atom. The summed E-state index contributed by atoms with van der Waals surface area (Å²) in [5.74, 6) is -7.03. The number of furan rings is 1. The highest BCUT2D eigenvalue weighted by Crippen LogP contribution is 2.66. The van der Waals surface area contributed by atoms with Crippen molar-refractivity contribution in [3.8, 4) is 0 Å². The molecule has 1 saturated carbocycles. The van der Waals surface area contributed by atoms with E-state index in [0.717, 1.165) is 9.80 Å². The van der Waals surface area contributed by atoms with Gasteiger partial charge in [0.05, 0.1) is 54.0 Å². The zero-order valence-electron chi connectivity index (χ0n) is 24.4. The molecular weight excluding hydrogens is 586 g/mol. The van der Waals surface area contributed by atoms with E-state index < -0.39 is 64.2 Å². The van der Waals surface area contributed by atoms with Gasteiger partial charge in [-0.25, -0.2) is 0 Å². The predicted octanol–water partition coefficient (Wildman–Crippen LogP) is 2.66. The highest BCUT2D eigenvalue weighted by atomic mass is 16.3. The van der Waals surface area contributed by atoms with Crippen molar-refractivity contribution in [1.82, 2.24) is 25.1 Å². The fourth-order valence-corrected chi connectivity index (χ4v) is 8.09. The summed E-state index contributed by atoms with van der Waals surface area (Å²) in [5.41, 5.74) is -1.59. The van der Waals surface area contributed by atoms with Gasteiger partial charge in [-0.05, 0) is 47.5 Å². The molecule has 11 heteroatoms. The third-order valence-electron chi connectivity index (χ3n) is 9.93. The molecule has 5 amide bonds. The minimum atomic E-state index is -1.69. The summed E-state index contributed by atoms with van der Waals surface area (Å²) in [6.45, 7) is -0.111. The zero-order chi connectivity index (χ0) is 31.6. The molecular formula is C35H27N5O6. The molecule has 3 fully saturated rings. The van der Waals surface area contributed by atoms with Crippen molar-refractivity contribution in [3.05, 3.63) is 132 Å². The number of nitrogens with one attached hydrogen (secondary N) is 1. The molecule has 2 bridgehead atoms. The quantitative estimate of drug-likeness (QED) is 0.248. The van der Waals surface area contributed by atoms with Gasteiger partial charge in [0.15, 0.2) is 0 Å². The van der Waals surface area contributed by atoms with Gasteiger partial charge in [0.2, 0.25) is 23.6 Å². The van der Waals surface area contributed by atoms with Crippen LogP contribution in [0.4, 0.5) is 0 Å². The van der Waals surface area contributed by atoms with Crippen LogP contribution in [0.3, 0.4) is 0 Å². The van der Waals surface area contributed by atoms with Crippen molar-refractivity contribution in [2.75, 3.05) is 0 Å². The summed E-state index contributed by atoms with van der Waals surface area (Å²) in [6.07, 6.45) is 11.1. The van der Waals surface area contributed by atoms with E-state index in [2.05, 4.69) is 15.3 Å². The van der Waals surface area contributed by atoms with Crippen LogP contribution in [-0.2, 0) is 37.7 Å². The lowest BCUT2D eigenvalue weighted by atomic mass is 9.43. The van der Waals surface area contributed by atoms with Crippen molar-refractivity contribution < 1.29 is 28.4 Å². The number of imide groups is 2. The van der Waals surface area contributed by atoms with Crippen LogP contribution >= 0.6 is 0 Å². The monoisotopic (exact) mass is 613 g/mol. The Morgan fingerprint density at radius 1 is 0.696 bits per heavy atom. The molecule has 46 heavy (non-hydrogen) atoms. The Morgan fingerprint density at radius 3 is 1.76 bits per heavy atom. The number of nitrogens with zero attached hydrogens (tertiary/aromatic N) is 4.